The summed E-state index contributed by atoms with van der Waals surface area (Å²) in [6.07, 6.45) is 0. The summed E-state index contributed by atoms with van der Waals surface area (Å²) in [6, 6.07) is 69.2. The summed E-state index contributed by atoms with van der Waals surface area (Å²) < 4.78 is 11.6. The van der Waals surface area contributed by atoms with Crippen molar-refractivity contribution in [3.63, 3.8) is 0 Å². The maximum Gasteiger partial charge on any atom is 0.209 e. The van der Waals surface area contributed by atoms with E-state index in [1.165, 1.54) is 32.6 Å². The molecule has 1 aliphatic rings. The van der Waals surface area contributed by atoms with Crippen LogP contribution in [0.5, 0.6) is 0 Å². The Morgan fingerprint density at radius 1 is 0.458 bits per heavy atom. The Morgan fingerprint density at radius 2 is 1.08 bits per heavy atom. The van der Waals surface area contributed by atoms with Crippen molar-refractivity contribution in [2.75, 3.05) is 0 Å². The molecule has 5 heteroatoms. The fraction of sp³-hybridized carbons (Fsp3) is 0.0185. The molecule has 276 valence electrons. The van der Waals surface area contributed by atoms with E-state index >= 15 is 0 Å². The highest BCUT2D eigenvalue weighted by Gasteiger charge is 2.29. The average molecular weight is 755 g/mol. The molecule has 1 aliphatic heterocycles. The van der Waals surface area contributed by atoms with Gasteiger partial charge in [-0.15, -0.1) is 0 Å². The van der Waals surface area contributed by atoms with E-state index in [4.69, 9.17) is 9.41 Å². The number of aliphatic imine (C=N–C) groups is 1. The van der Waals surface area contributed by atoms with Crippen molar-refractivity contribution in [3.8, 4) is 16.8 Å². The summed E-state index contributed by atoms with van der Waals surface area (Å²) in [6.45, 7) is 0. The summed E-state index contributed by atoms with van der Waals surface area (Å²) in [7, 11) is 0. The van der Waals surface area contributed by atoms with Crippen LogP contribution in [0.25, 0.3) is 93.1 Å². The van der Waals surface area contributed by atoms with E-state index in [1.807, 2.05) is 0 Å². The number of nitrogens with one attached hydrogen (secondary N) is 1. The molecule has 1 N–H and O–H groups in total. The van der Waals surface area contributed by atoms with Crippen LogP contribution in [0.4, 0.5) is 5.69 Å². The van der Waals surface area contributed by atoms with Crippen LogP contribution >= 0.6 is 0 Å². The van der Waals surface area contributed by atoms with Gasteiger partial charge < -0.3 is 14.3 Å². The summed E-state index contributed by atoms with van der Waals surface area (Å²) in [5.41, 5.74) is 12.9. The number of fused-ring (bicyclic) bond motifs is 13. The van der Waals surface area contributed by atoms with E-state index < -0.39 is 0 Å². The zero-order valence-corrected chi connectivity index (χ0v) is 31.8. The van der Waals surface area contributed by atoms with Gasteiger partial charge in [0.25, 0.3) is 0 Å². The highest BCUT2D eigenvalue weighted by Crippen LogP contribution is 2.45. The molecule has 13 rings (SSSR count). The fourth-order valence-corrected chi connectivity index (χ4v) is 9.79. The van der Waals surface area contributed by atoms with Crippen molar-refractivity contribution in [1.82, 2.24) is 14.5 Å². The third-order valence-corrected chi connectivity index (χ3v) is 12.3. The van der Waals surface area contributed by atoms with Crippen LogP contribution in [0.2, 0.25) is 0 Å². The second-order valence-electron chi connectivity index (χ2n) is 15.5. The number of rotatable bonds is 3. The fourth-order valence-electron chi connectivity index (χ4n) is 9.79. The number of benzene rings is 9. The number of hydrogen-bond acceptors (Lipinski definition) is 3. The van der Waals surface area contributed by atoms with Crippen LogP contribution in [0.15, 0.2) is 204 Å². The van der Waals surface area contributed by atoms with Gasteiger partial charge in [0.15, 0.2) is 0 Å². The first-order chi connectivity index (χ1) is 29.3. The normalized spacial score (nSPS) is 14.2. The first-order valence-electron chi connectivity index (χ1n) is 20.2. The largest absolute Gasteiger partial charge is 0.455 e. The van der Waals surface area contributed by atoms with Crippen molar-refractivity contribution in [2.45, 2.75) is 6.04 Å². The second-order valence-corrected chi connectivity index (χ2v) is 15.5. The molecule has 4 heterocycles. The van der Waals surface area contributed by atoms with E-state index in [-0.39, 0.29) is 6.04 Å². The molecule has 0 aliphatic carbocycles. The maximum absolute atomic E-state index is 6.89. The Hall–Kier alpha value is -7.89. The molecule has 0 radical (unpaired) electrons. The van der Waals surface area contributed by atoms with Gasteiger partial charge >= 0.3 is 0 Å². The van der Waals surface area contributed by atoms with E-state index in [0.717, 1.165) is 83.3 Å². The lowest BCUT2D eigenvalue weighted by Crippen LogP contribution is -2.36. The van der Waals surface area contributed by atoms with Gasteiger partial charge in [0.05, 0.1) is 33.8 Å². The van der Waals surface area contributed by atoms with Crippen molar-refractivity contribution in [2.24, 2.45) is 4.99 Å². The lowest BCUT2D eigenvalue weighted by molar-refractivity contribution is 0.673. The molecule has 0 spiro atoms. The van der Waals surface area contributed by atoms with Gasteiger partial charge in [0.2, 0.25) is 5.96 Å². The van der Waals surface area contributed by atoms with Crippen LogP contribution in [0.1, 0.15) is 17.2 Å². The van der Waals surface area contributed by atoms with Crippen molar-refractivity contribution in [1.29, 1.82) is 0 Å². The van der Waals surface area contributed by atoms with Gasteiger partial charge in [0.1, 0.15) is 11.2 Å². The van der Waals surface area contributed by atoms with Gasteiger partial charge in [-0.2, -0.15) is 0 Å². The smallest absolute Gasteiger partial charge is 0.209 e. The third-order valence-electron chi connectivity index (χ3n) is 12.3. The van der Waals surface area contributed by atoms with E-state index in [0.29, 0.717) is 0 Å². The zero-order chi connectivity index (χ0) is 38.6. The second kappa shape index (κ2) is 12.3. The van der Waals surface area contributed by atoms with E-state index in [1.54, 1.807) is 0 Å². The van der Waals surface area contributed by atoms with Crippen LogP contribution in [-0.4, -0.2) is 15.1 Å². The predicted molar refractivity (Wildman–Crippen MR) is 244 cm³/mol. The standard InChI is InChI=1S/C54H34N4O/c1-3-15-33(16-4-1)42-31-35(32-43-38-28-27-34-17-7-8-20-37(34)52(38)59-53(42)43)51-39-21-9-12-24-44(39)55-54(56-51)58-46-26-14-11-23-41(46)50-48(58)30-29-47-49(50)40-22-10-13-25-45(40)57(47)36-18-5-2-6-19-36/h1-32,51H,(H,55,56). The molecule has 3 aromatic heterocycles. The van der Waals surface area contributed by atoms with Crippen LogP contribution in [-0.2, 0) is 0 Å². The molecule has 9 aromatic carbocycles. The molecule has 0 saturated carbocycles. The van der Waals surface area contributed by atoms with Crippen LogP contribution in [0, 0.1) is 0 Å². The number of aromatic nitrogens is 2. The minimum atomic E-state index is -0.198. The van der Waals surface area contributed by atoms with Gasteiger partial charge in [0, 0.05) is 54.5 Å². The van der Waals surface area contributed by atoms with Crippen LogP contribution < -0.4 is 5.32 Å². The lowest BCUT2D eigenvalue weighted by atomic mass is 9.91. The molecule has 59 heavy (non-hydrogen) atoms. The summed E-state index contributed by atoms with van der Waals surface area (Å²) in [4.78, 5) is 5.42. The minimum absolute atomic E-state index is 0.198. The summed E-state index contributed by atoms with van der Waals surface area (Å²) in [5, 5.41) is 13.4. The summed E-state index contributed by atoms with van der Waals surface area (Å²) >= 11 is 0. The van der Waals surface area contributed by atoms with Gasteiger partial charge in [-0.25, -0.2) is 4.99 Å². The number of hydrogen-bond donors (Lipinski definition) is 1. The highest BCUT2D eigenvalue weighted by molar-refractivity contribution is 6.30. The molecule has 0 fully saturated rings. The molecule has 1 unspecified atom stereocenters. The number of para-hydroxylation sites is 4. The minimum Gasteiger partial charge on any atom is -0.455 e. The molecule has 12 aromatic rings. The first-order valence-corrected chi connectivity index (χ1v) is 20.2. The van der Waals surface area contributed by atoms with Crippen LogP contribution in [0.3, 0.4) is 0 Å². The van der Waals surface area contributed by atoms with Gasteiger partial charge in [-0.3, -0.25) is 4.57 Å². The quantitative estimate of drug-likeness (QED) is 0.195. The third kappa shape index (κ3) is 4.64. The van der Waals surface area contributed by atoms with Crippen molar-refractivity contribution < 1.29 is 4.42 Å². The Labute approximate surface area is 338 Å². The highest BCUT2D eigenvalue weighted by atomic mass is 16.3. The molecular weight excluding hydrogens is 721 g/mol. The van der Waals surface area contributed by atoms with Crippen molar-refractivity contribution >= 4 is 88.0 Å². The molecule has 0 amide bonds. The SMILES string of the molecule is c1ccc(-c2cc(C3NC(n4c5ccccc5c5c6c7ccccc7n(-c7ccccc7)c6ccc54)=Nc4ccccc43)cc3c2oc2c4ccccc4ccc32)cc1. The Morgan fingerprint density at radius 3 is 1.86 bits per heavy atom. The molecule has 0 saturated heterocycles. The Bertz CT molecular complexity index is 3700. The number of nitrogens with zero attached hydrogens (tertiary/aromatic N) is 3. The van der Waals surface area contributed by atoms with Crippen molar-refractivity contribution in [3.05, 3.63) is 205 Å². The van der Waals surface area contributed by atoms with Gasteiger partial charge in [-0.1, -0.05) is 133 Å². The Balaban J connectivity index is 1.06. The van der Waals surface area contributed by atoms with E-state index in [9.17, 15) is 0 Å². The molecule has 5 nitrogen and oxygen atoms in total. The maximum atomic E-state index is 6.89. The zero-order valence-electron chi connectivity index (χ0n) is 31.8. The first kappa shape index (κ1) is 32.2. The molecule has 0 bridgehead atoms. The molecule has 1 atom stereocenters. The average Bonchev–Trinajstić information content (AvgIpc) is 3.97. The Kier molecular flexibility index (Phi) is 6.72. The van der Waals surface area contributed by atoms with Gasteiger partial charge in [-0.05, 0) is 77.2 Å². The monoisotopic (exact) mass is 754 g/mol. The summed E-state index contributed by atoms with van der Waals surface area (Å²) in [5.74, 6) is 0.787. The number of furan rings is 1. The lowest BCUT2D eigenvalue weighted by Gasteiger charge is -2.29. The predicted octanol–water partition coefficient (Wildman–Crippen LogP) is 13.8. The topological polar surface area (TPSA) is 47.4 Å². The van der Waals surface area contributed by atoms with E-state index in [2.05, 4.69) is 209 Å². The molecular formula is C54H34N4O.